The van der Waals surface area contributed by atoms with Crippen molar-refractivity contribution in [3.63, 3.8) is 0 Å². The highest BCUT2D eigenvalue weighted by atomic mass is 19.1. The summed E-state index contributed by atoms with van der Waals surface area (Å²) in [4.78, 5) is 14.6. The number of halogens is 1. The van der Waals surface area contributed by atoms with E-state index in [1.165, 1.54) is 6.07 Å². The fourth-order valence-corrected chi connectivity index (χ4v) is 3.12. The molecular weight excluding hydrogens is 331 g/mol. The molecule has 1 aliphatic rings. The van der Waals surface area contributed by atoms with Crippen LogP contribution in [0.25, 0.3) is 11.1 Å². The molecule has 3 rings (SSSR count). The number of nitrogens with one attached hydrogen (secondary N) is 1. The highest BCUT2D eigenvalue weighted by Gasteiger charge is 2.17. The fourth-order valence-electron chi connectivity index (χ4n) is 3.12. The van der Waals surface area contributed by atoms with Crippen LogP contribution < -0.4 is 5.32 Å². The molecule has 0 radical (unpaired) electrons. The van der Waals surface area contributed by atoms with E-state index in [2.05, 4.69) is 10.2 Å². The summed E-state index contributed by atoms with van der Waals surface area (Å²) in [6, 6.07) is 14.5. The zero-order valence-corrected chi connectivity index (χ0v) is 15.1. The van der Waals surface area contributed by atoms with E-state index < -0.39 is 0 Å². The van der Waals surface area contributed by atoms with Crippen LogP contribution in [0, 0.1) is 5.82 Å². The van der Waals surface area contributed by atoms with Crippen molar-refractivity contribution in [2.75, 3.05) is 39.4 Å². The summed E-state index contributed by atoms with van der Waals surface area (Å²) in [5.41, 5.74) is 2.07. The predicted octanol–water partition coefficient (Wildman–Crippen LogP) is 3.04. The van der Waals surface area contributed by atoms with Crippen LogP contribution in [0.3, 0.4) is 0 Å². The summed E-state index contributed by atoms with van der Waals surface area (Å²) in [6.07, 6.45) is 0. The van der Waals surface area contributed by atoms with Gasteiger partial charge < -0.3 is 10.1 Å². The normalized spacial score (nSPS) is 16.2. The lowest BCUT2D eigenvalue weighted by atomic mass is 9.96. The van der Waals surface area contributed by atoms with Gasteiger partial charge >= 0.3 is 0 Å². The van der Waals surface area contributed by atoms with E-state index >= 15 is 0 Å². The zero-order valence-electron chi connectivity index (χ0n) is 15.1. The molecular formula is C21H25FN2O2. The molecule has 5 heteroatoms. The van der Waals surface area contributed by atoms with Gasteiger partial charge in [0.25, 0.3) is 0 Å². The van der Waals surface area contributed by atoms with E-state index in [9.17, 15) is 9.18 Å². The lowest BCUT2D eigenvalue weighted by molar-refractivity contribution is -0.122. The number of ether oxygens (including phenoxy) is 1. The monoisotopic (exact) mass is 356 g/mol. The number of amides is 1. The third-order valence-corrected chi connectivity index (χ3v) is 4.80. The topological polar surface area (TPSA) is 41.6 Å². The highest BCUT2D eigenvalue weighted by molar-refractivity contribution is 5.83. The molecule has 1 atom stereocenters. The minimum atomic E-state index is -0.390. The molecule has 0 aliphatic carbocycles. The van der Waals surface area contributed by atoms with Crippen molar-refractivity contribution in [3.8, 4) is 11.1 Å². The maximum atomic E-state index is 14.5. The maximum Gasteiger partial charge on any atom is 0.227 e. The molecule has 0 spiro atoms. The number of carbonyl (C=O) groups excluding carboxylic acids is 1. The summed E-state index contributed by atoms with van der Waals surface area (Å²) in [7, 11) is 0. The van der Waals surface area contributed by atoms with Crippen molar-refractivity contribution < 1.29 is 13.9 Å². The minimum Gasteiger partial charge on any atom is -0.379 e. The third-order valence-electron chi connectivity index (χ3n) is 4.80. The Morgan fingerprint density at radius 2 is 1.92 bits per heavy atom. The van der Waals surface area contributed by atoms with E-state index in [0.29, 0.717) is 17.7 Å². The van der Waals surface area contributed by atoms with Crippen molar-refractivity contribution in [3.05, 3.63) is 59.9 Å². The molecule has 1 N–H and O–H groups in total. The Balaban J connectivity index is 1.57. The molecule has 1 saturated heterocycles. The average molecular weight is 356 g/mol. The molecule has 1 heterocycles. The summed E-state index contributed by atoms with van der Waals surface area (Å²) < 4.78 is 19.8. The fraction of sp³-hybridized carbons (Fsp3) is 0.381. The molecule has 0 saturated carbocycles. The molecule has 0 bridgehead atoms. The molecule has 138 valence electrons. The van der Waals surface area contributed by atoms with Crippen molar-refractivity contribution >= 4 is 5.91 Å². The van der Waals surface area contributed by atoms with Gasteiger partial charge in [0.2, 0.25) is 5.91 Å². The quantitative estimate of drug-likeness (QED) is 0.865. The lowest BCUT2D eigenvalue weighted by Gasteiger charge is -2.26. The molecule has 4 nitrogen and oxygen atoms in total. The number of nitrogens with zero attached hydrogens (tertiary/aromatic N) is 1. The van der Waals surface area contributed by atoms with E-state index in [1.807, 2.05) is 36.4 Å². The van der Waals surface area contributed by atoms with Gasteiger partial charge in [-0.05, 0) is 24.1 Å². The second kappa shape index (κ2) is 8.92. The number of hydrogen-bond donors (Lipinski definition) is 1. The molecule has 2 aromatic rings. The molecule has 0 unspecified atom stereocenters. The summed E-state index contributed by atoms with van der Waals surface area (Å²) in [5.74, 6) is -0.772. The van der Waals surface area contributed by atoms with E-state index in [4.69, 9.17) is 4.74 Å². The van der Waals surface area contributed by atoms with E-state index in [1.54, 1.807) is 13.0 Å². The number of carbonyl (C=O) groups is 1. The Labute approximate surface area is 154 Å². The van der Waals surface area contributed by atoms with Gasteiger partial charge in [-0.3, -0.25) is 9.69 Å². The zero-order chi connectivity index (χ0) is 18.4. The van der Waals surface area contributed by atoms with E-state index in [-0.39, 0.29) is 17.6 Å². The van der Waals surface area contributed by atoms with E-state index in [0.717, 1.165) is 38.4 Å². The van der Waals surface area contributed by atoms with Gasteiger partial charge in [0, 0.05) is 31.7 Å². The Morgan fingerprint density at radius 1 is 1.19 bits per heavy atom. The first-order valence-electron chi connectivity index (χ1n) is 9.08. The molecule has 0 aromatic heterocycles. The molecule has 26 heavy (non-hydrogen) atoms. The van der Waals surface area contributed by atoms with Crippen LogP contribution in [0.5, 0.6) is 0 Å². The van der Waals surface area contributed by atoms with Crippen molar-refractivity contribution in [2.24, 2.45) is 0 Å². The first kappa shape index (κ1) is 18.5. The van der Waals surface area contributed by atoms with Gasteiger partial charge in [0.05, 0.1) is 19.1 Å². The van der Waals surface area contributed by atoms with Crippen LogP contribution in [0.1, 0.15) is 18.4 Å². The van der Waals surface area contributed by atoms with Gasteiger partial charge in [-0.15, -0.1) is 0 Å². The number of rotatable bonds is 6. The largest absolute Gasteiger partial charge is 0.379 e. The standard InChI is InChI=1S/C21H25FN2O2/c1-16(21(25)23-9-10-24-11-13-26-14-12-24)18-7-8-19(20(22)15-18)17-5-3-2-4-6-17/h2-8,15-16H,9-14H2,1H3,(H,23,25)/t16-/m1/s1. The van der Waals surface area contributed by atoms with Crippen LogP contribution in [-0.4, -0.2) is 50.2 Å². The molecule has 2 aromatic carbocycles. The first-order valence-corrected chi connectivity index (χ1v) is 9.08. The minimum absolute atomic E-state index is 0.0786. The molecule has 1 amide bonds. The van der Waals surface area contributed by atoms with Crippen molar-refractivity contribution in [1.82, 2.24) is 10.2 Å². The van der Waals surface area contributed by atoms with Crippen molar-refractivity contribution in [2.45, 2.75) is 12.8 Å². The van der Waals surface area contributed by atoms with Crippen LogP contribution in [-0.2, 0) is 9.53 Å². The van der Waals surface area contributed by atoms with Crippen molar-refractivity contribution in [1.29, 1.82) is 0 Å². The highest BCUT2D eigenvalue weighted by Crippen LogP contribution is 2.26. The number of benzene rings is 2. The Bertz CT molecular complexity index is 730. The Hall–Kier alpha value is -2.24. The maximum absolute atomic E-state index is 14.5. The Kier molecular flexibility index (Phi) is 6.36. The third kappa shape index (κ3) is 4.68. The Morgan fingerprint density at radius 3 is 2.62 bits per heavy atom. The SMILES string of the molecule is C[C@@H](C(=O)NCCN1CCOCC1)c1ccc(-c2ccccc2)c(F)c1. The lowest BCUT2D eigenvalue weighted by Crippen LogP contribution is -2.42. The first-order chi connectivity index (χ1) is 12.6. The number of morpholine rings is 1. The van der Waals surface area contributed by atoms with Gasteiger partial charge in [0.1, 0.15) is 5.82 Å². The second-order valence-corrected chi connectivity index (χ2v) is 6.57. The van der Waals surface area contributed by atoms with Gasteiger partial charge in [0.15, 0.2) is 0 Å². The second-order valence-electron chi connectivity index (χ2n) is 6.57. The predicted molar refractivity (Wildman–Crippen MR) is 101 cm³/mol. The average Bonchev–Trinajstić information content (AvgIpc) is 2.68. The summed E-state index contributed by atoms with van der Waals surface area (Å²) in [6.45, 7) is 6.50. The van der Waals surface area contributed by atoms with Crippen LogP contribution in [0.4, 0.5) is 4.39 Å². The summed E-state index contributed by atoms with van der Waals surface area (Å²) >= 11 is 0. The van der Waals surface area contributed by atoms with Crippen LogP contribution in [0.2, 0.25) is 0 Å². The smallest absolute Gasteiger partial charge is 0.227 e. The molecule has 1 aliphatic heterocycles. The van der Waals surface area contributed by atoms with Crippen LogP contribution in [0.15, 0.2) is 48.5 Å². The number of hydrogen-bond acceptors (Lipinski definition) is 3. The van der Waals surface area contributed by atoms with Gasteiger partial charge in [-0.2, -0.15) is 0 Å². The molecule has 1 fully saturated rings. The van der Waals surface area contributed by atoms with Crippen LogP contribution >= 0.6 is 0 Å². The van der Waals surface area contributed by atoms with Gasteiger partial charge in [-0.25, -0.2) is 4.39 Å². The summed E-state index contributed by atoms with van der Waals surface area (Å²) in [5, 5.41) is 2.95. The van der Waals surface area contributed by atoms with Gasteiger partial charge in [-0.1, -0.05) is 42.5 Å².